The van der Waals surface area contributed by atoms with Crippen LogP contribution in [-0.4, -0.2) is 64.9 Å². The summed E-state index contributed by atoms with van der Waals surface area (Å²) < 4.78 is 35.2. The molecule has 1 amide bonds. The minimum atomic E-state index is -3.49. The largest absolute Gasteiger partial charge is 0.494 e. The third kappa shape index (κ3) is 4.97. The van der Waals surface area contributed by atoms with Crippen molar-refractivity contribution < 1.29 is 17.9 Å². The van der Waals surface area contributed by atoms with Crippen LogP contribution in [-0.2, 0) is 14.8 Å². The van der Waals surface area contributed by atoms with Gasteiger partial charge >= 0.3 is 0 Å². The topological polar surface area (TPSA) is 135 Å². The molecule has 3 aromatic heterocycles. The second-order valence-corrected chi connectivity index (χ2v) is 11.2. The summed E-state index contributed by atoms with van der Waals surface area (Å²) in [5, 5.41) is 19.1. The van der Waals surface area contributed by atoms with Crippen molar-refractivity contribution in [3.05, 3.63) is 48.4 Å². The fourth-order valence-electron chi connectivity index (χ4n) is 5.37. The Morgan fingerprint density at radius 3 is 2.68 bits per heavy atom. The number of carbonyl (C=O) groups excluding carboxylic acids is 1. The number of nitrogens with zero attached hydrogens (tertiary/aromatic N) is 6. The van der Waals surface area contributed by atoms with Crippen molar-refractivity contribution >= 4 is 21.4 Å². The predicted octanol–water partition coefficient (Wildman–Crippen LogP) is 2.47. The number of fused-ring (bicyclic) bond motifs is 1. The number of nitrogens with one attached hydrogen (secondary N) is 1. The van der Waals surface area contributed by atoms with E-state index in [9.17, 15) is 18.5 Å². The van der Waals surface area contributed by atoms with Crippen LogP contribution in [0.3, 0.4) is 0 Å². The molecule has 2 aliphatic rings. The fourth-order valence-corrected chi connectivity index (χ4v) is 6.14. The molecular formula is C25H29N7O4S. The van der Waals surface area contributed by atoms with E-state index in [4.69, 9.17) is 4.74 Å². The number of pyridine rings is 1. The first-order valence-corrected chi connectivity index (χ1v) is 13.8. The van der Waals surface area contributed by atoms with Gasteiger partial charge in [0.1, 0.15) is 22.9 Å². The molecule has 3 aromatic rings. The molecule has 0 bridgehead atoms. The molecule has 1 N–H and O–H groups in total. The number of nitriles is 1. The van der Waals surface area contributed by atoms with Crippen molar-refractivity contribution in [2.24, 2.45) is 5.92 Å². The van der Waals surface area contributed by atoms with Gasteiger partial charge in [-0.2, -0.15) is 15.5 Å². The highest BCUT2D eigenvalue weighted by molar-refractivity contribution is 7.92. The van der Waals surface area contributed by atoms with Gasteiger partial charge in [-0.15, -0.1) is 0 Å². The Morgan fingerprint density at radius 1 is 1.19 bits per heavy atom. The molecular weight excluding hydrogens is 494 g/mol. The Kier molecular flexibility index (Phi) is 6.74. The summed E-state index contributed by atoms with van der Waals surface area (Å²) in [6, 6.07) is 3.97. The lowest BCUT2D eigenvalue weighted by molar-refractivity contribution is -0.136. The third-order valence-corrected chi connectivity index (χ3v) is 8.44. The number of carbonyl (C=O) groups is 1. The minimum absolute atomic E-state index is 0.108. The average Bonchev–Trinajstić information content (AvgIpc) is 3.67. The van der Waals surface area contributed by atoms with Gasteiger partial charge in [-0.05, 0) is 38.2 Å². The summed E-state index contributed by atoms with van der Waals surface area (Å²) in [5.41, 5.74) is 2.86. The molecule has 1 aliphatic heterocycles. The summed E-state index contributed by atoms with van der Waals surface area (Å²) in [6.45, 7) is 4.61. The van der Waals surface area contributed by atoms with E-state index >= 15 is 0 Å². The van der Waals surface area contributed by atoms with E-state index in [0.29, 0.717) is 49.2 Å². The number of aromatic nitrogens is 4. The molecule has 37 heavy (non-hydrogen) atoms. The molecule has 1 saturated carbocycles. The second kappa shape index (κ2) is 9.99. The van der Waals surface area contributed by atoms with Gasteiger partial charge < -0.3 is 9.64 Å². The Bertz CT molecular complexity index is 1480. The number of rotatable bonds is 7. The summed E-state index contributed by atoms with van der Waals surface area (Å²) >= 11 is 0. The summed E-state index contributed by atoms with van der Waals surface area (Å²) in [5.74, 6) is 0.521. The number of hydrogen-bond acceptors (Lipinski definition) is 7. The van der Waals surface area contributed by atoms with E-state index in [1.54, 1.807) is 17.8 Å². The fraction of sp³-hybridized carbons (Fsp3) is 0.440. The molecule has 194 valence electrons. The molecule has 11 nitrogen and oxygen atoms in total. The van der Waals surface area contributed by atoms with E-state index < -0.39 is 10.0 Å². The minimum Gasteiger partial charge on any atom is -0.494 e. The van der Waals surface area contributed by atoms with E-state index in [1.807, 2.05) is 28.0 Å². The summed E-state index contributed by atoms with van der Waals surface area (Å²) in [6.07, 6.45) is 10.6. The Morgan fingerprint density at radius 2 is 1.97 bits per heavy atom. The van der Waals surface area contributed by atoms with Gasteiger partial charge in [0, 0.05) is 54.0 Å². The monoisotopic (exact) mass is 523 g/mol. The van der Waals surface area contributed by atoms with Crippen LogP contribution in [0.15, 0.2) is 42.8 Å². The van der Waals surface area contributed by atoms with Gasteiger partial charge in [-0.3, -0.25) is 9.48 Å². The average molecular weight is 524 g/mol. The molecule has 0 aromatic carbocycles. The standard InChI is InChI=1S/C25H29N7O4S/c1-3-37(34,35)29-21-5-4-17(10-21)25(33)30-8-6-22(7-9-30)31-16-20(14-27-31)18-11-23(36-2)24-19(12-26)13-28-32(24)15-18/h3,11,13-17,21-22,29H,1,4-10H2,2H3/t17-,21+/m0/s1. The Hall–Kier alpha value is -3.69. The highest BCUT2D eigenvalue weighted by Crippen LogP contribution is 2.33. The van der Waals surface area contributed by atoms with Crippen LogP contribution in [0.5, 0.6) is 5.75 Å². The molecule has 12 heteroatoms. The summed E-state index contributed by atoms with van der Waals surface area (Å²) in [4.78, 5) is 15.0. The van der Waals surface area contributed by atoms with Gasteiger partial charge in [0.2, 0.25) is 15.9 Å². The molecule has 0 spiro atoms. The zero-order chi connectivity index (χ0) is 26.2. The lowest BCUT2D eigenvalue weighted by Gasteiger charge is -2.33. The quantitative estimate of drug-likeness (QED) is 0.503. The van der Waals surface area contributed by atoms with Crippen molar-refractivity contribution in [3.63, 3.8) is 0 Å². The zero-order valence-corrected chi connectivity index (χ0v) is 21.4. The van der Waals surface area contributed by atoms with Gasteiger partial charge in [0.05, 0.1) is 25.5 Å². The number of ether oxygens (including phenoxy) is 1. The van der Waals surface area contributed by atoms with Gasteiger partial charge in [0.25, 0.3) is 0 Å². The van der Waals surface area contributed by atoms with Crippen LogP contribution in [0.25, 0.3) is 16.6 Å². The Balaban J connectivity index is 1.22. The molecule has 2 atom stereocenters. The first kappa shape index (κ1) is 25.0. The maximum atomic E-state index is 13.1. The van der Waals surface area contributed by atoms with Gasteiger partial charge in [-0.1, -0.05) is 6.58 Å². The highest BCUT2D eigenvalue weighted by atomic mass is 32.2. The zero-order valence-electron chi connectivity index (χ0n) is 20.6. The molecule has 1 saturated heterocycles. The first-order chi connectivity index (χ1) is 17.8. The van der Waals surface area contributed by atoms with Crippen LogP contribution < -0.4 is 9.46 Å². The number of likely N-dealkylation sites (tertiary alicyclic amines) is 1. The van der Waals surface area contributed by atoms with Crippen molar-refractivity contribution in [1.82, 2.24) is 29.0 Å². The second-order valence-electron chi connectivity index (χ2n) is 9.56. The van der Waals surface area contributed by atoms with E-state index in [0.717, 1.165) is 29.4 Å². The van der Waals surface area contributed by atoms with Crippen molar-refractivity contribution in [2.75, 3.05) is 20.2 Å². The molecule has 1 aliphatic carbocycles. The van der Waals surface area contributed by atoms with Crippen LogP contribution in [0.4, 0.5) is 0 Å². The molecule has 4 heterocycles. The summed E-state index contributed by atoms with van der Waals surface area (Å²) in [7, 11) is -1.93. The number of amides is 1. The SMILES string of the molecule is C=CS(=O)(=O)N[C@@H]1CC[C@H](C(=O)N2CCC(n3cc(-c4cc(OC)c5c(C#N)cnn5c4)cn3)CC2)C1. The molecule has 0 radical (unpaired) electrons. The van der Waals surface area contributed by atoms with Crippen LogP contribution in [0.1, 0.15) is 43.7 Å². The third-order valence-electron chi connectivity index (χ3n) is 7.33. The van der Waals surface area contributed by atoms with Crippen LogP contribution in [0.2, 0.25) is 0 Å². The van der Waals surface area contributed by atoms with Gasteiger partial charge in [-0.25, -0.2) is 17.7 Å². The van der Waals surface area contributed by atoms with E-state index in [1.165, 1.54) is 6.20 Å². The number of sulfonamides is 1. The normalized spacial score (nSPS) is 20.7. The number of methoxy groups -OCH3 is 1. The van der Waals surface area contributed by atoms with E-state index in [2.05, 4.69) is 27.6 Å². The van der Waals surface area contributed by atoms with Gasteiger partial charge in [0.15, 0.2) is 0 Å². The number of piperidine rings is 1. The maximum absolute atomic E-state index is 13.1. The highest BCUT2D eigenvalue weighted by Gasteiger charge is 2.35. The lowest BCUT2D eigenvalue weighted by atomic mass is 10.0. The first-order valence-electron chi connectivity index (χ1n) is 12.3. The van der Waals surface area contributed by atoms with E-state index in [-0.39, 0.29) is 23.9 Å². The smallest absolute Gasteiger partial charge is 0.233 e. The van der Waals surface area contributed by atoms with Crippen LogP contribution >= 0.6 is 0 Å². The van der Waals surface area contributed by atoms with Crippen molar-refractivity contribution in [3.8, 4) is 22.9 Å². The molecule has 2 fully saturated rings. The molecule has 5 rings (SSSR count). The number of hydrogen-bond donors (Lipinski definition) is 1. The van der Waals surface area contributed by atoms with Crippen molar-refractivity contribution in [2.45, 2.75) is 44.2 Å². The Labute approximate surface area is 215 Å². The van der Waals surface area contributed by atoms with Crippen LogP contribution in [0, 0.1) is 17.2 Å². The lowest BCUT2D eigenvalue weighted by Crippen LogP contribution is -2.42. The van der Waals surface area contributed by atoms with Crippen molar-refractivity contribution in [1.29, 1.82) is 5.26 Å². The maximum Gasteiger partial charge on any atom is 0.233 e. The predicted molar refractivity (Wildman–Crippen MR) is 136 cm³/mol. The molecule has 0 unspecified atom stereocenters.